The number of carbonyl (C=O) groups excluding carboxylic acids is 3. The minimum atomic E-state index is -0.550. The fourth-order valence-electron chi connectivity index (χ4n) is 2.15. The van der Waals surface area contributed by atoms with Gasteiger partial charge in [0.15, 0.2) is 0 Å². The highest BCUT2D eigenvalue weighted by molar-refractivity contribution is 5.99. The molecule has 1 heterocycles. The molecule has 0 aliphatic rings. The molecule has 0 aliphatic carbocycles. The van der Waals surface area contributed by atoms with E-state index in [0.29, 0.717) is 11.3 Å². The number of Topliss-reactive ketones (excluding diaryl/α,β-unsaturated/α-hetero) is 1. The lowest BCUT2D eigenvalue weighted by molar-refractivity contribution is -0.145. The molecule has 0 aliphatic heterocycles. The summed E-state index contributed by atoms with van der Waals surface area (Å²) in [6.07, 6.45) is 1.47. The van der Waals surface area contributed by atoms with Gasteiger partial charge in [-0.2, -0.15) is 0 Å². The molecular formula is C15H21NO5. The minimum Gasteiger partial charge on any atom is -0.466 e. The highest BCUT2D eigenvalue weighted by Crippen LogP contribution is 2.19. The van der Waals surface area contributed by atoms with Gasteiger partial charge in [-0.3, -0.25) is 9.59 Å². The van der Waals surface area contributed by atoms with Gasteiger partial charge in [0.2, 0.25) is 0 Å². The van der Waals surface area contributed by atoms with Crippen molar-refractivity contribution in [2.24, 2.45) is 7.05 Å². The van der Waals surface area contributed by atoms with E-state index < -0.39 is 11.9 Å². The number of rotatable bonds is 7. The van der Waals surface area contributed by atoms with E-state index in [1.807, 2.05) is 0 Å². The molecule has 0 spiro atoms. The van der Waals surface area contributed by atoms with Crippen molar-refractivity contribution in [2.75, 3.05) is 13.2 Å². The van der Waals surface area contributed by atoms with Crippen molar-refractivity contribution in [3.63, 3.8) is 0 Å². The molecule has 0 aromatic carbocycles. The van der Waals surface area contributed by atoms with Crippen LogP contribution in [0.25, 0.3) is 0 Å². The van der Waals surface area contributed by atoms with Gasteiger partial charge in [-0.05, 0) is 26.3 Å². The van der Waals surface area contributed by atoms with E-state index in [-0.39, 0.29) is 31.8 Å². The molecule has 0 fully saturated rings. The zero-order chi connectivity index (χ0) is 16.0. The Morgan fingerprint density at radius 2 is 1.76 bits per heavy atom. The Labute approximate surface area is 124 Å². The van der Waals surface area contributed by atoms with Crippen LogP contribution in [0.4, 0.5) is 0 Å². The van der Waals surface area contributed by atoms with Gasteiger partial charge in [0.25, 0.3) is 0 Å². The number of esters is 2. The lowest BCUT2D eigenvalue weighted by atomic mass is 10.1. The van der Waals surface area contributed by atoms with Gasteiger partial charge in [-0.25, -0.2) is 4.79 Å². The number of ether oxygens (including phenoxy) is 2. The third kappa shape index (κ3) is 4.44. The van der Waals surface area contributed by atoms with Crippen molar-refractivity contribution >= 4 is 17.7 Å². The summed E-state index contributed by atoms with van der Waals surface area (Å²) in [5.41, 5.74) is 1.70. The summed E-state index contributed by atoms with van der Waals surface area (Å²) >= 11 is 0. The average molecular weight is 295 g/mol. The summed E-state index contributed by atoms with van der Waals surface area (Å²) in [6.45, 7) is 5.70. The molecule has 1 aromatic heterocycles. The minimum absolute atomic E-state index is 0.00268. The maximum absolute atomic E-state index is 12.0. The highest BCUT2D eigenvalue weighted by Gasteiger charge is 2.22. The van der Waals surface area contributed by atoms with Crippen molar-refractivity contribution in [2.45, 2.75) is 33.6 Å². The Morgan fingerprint density at radius 1 is 1.14 bits per heavy atom. The molecule has 21 heavy (non-hydrogen) atoms. The maximum atomic E-state index is 12.0. The van der Waals surface area contributed by atoms with Crippen molar-refractivity contribution in [1.82, 2.24) is 4.57 Å². The molecule has 0 amide bonds. The van der Waals surface area contributed by atoms with Crippen LogP contribution in [0.2, 0.25) is 0 Å². The normalized spacial score (nSPS) is 10.3. The standard InChI is InChI=1S/C15H21NO5/c1-5-20-13(18)8-11(17)7-12-14(15(19)21-6-2)10(3)9-16(12)4/h9H,5-8H2,1-4H3. The third-order valence-corrected chi connectivity index (χ3v) is 2.99. The first-order valence-corrected chi connectivity index (χ1v) is 6.89. The number of ketones is 1. The van der Waals surface area contributed by atoms with E-state index in [1.165, 1.54) is 0 Å². The zero-order valence-electron chi connectivity index (χ0n) is 12.9. The number of carbonyl (C=O) groups is 3. The number of aryl methyl sites for hydroxylation is 2. The number of hydrogen-bond acceptors (Lipinski definition) is 5. The van der Waals surface area contributed by atoms with E-state index in [1.54, 1.807) is 38.6 Å². The van der Waals surface area contributed by atoms with E-state index in [0.717, 1.165) is 5.56 Å². The Balaban J connectivity index is 2.90. The van der Waals surface area contributed by atoms with Gasteiger partial charge in [0, 0.05) is 25.4 Å². The monoisotopic (exact) mass is 295 g/mol. The first kappa shape index (κ1) is 16.9. The van der Waals surface area contributed by atoms with Gasteiger partial charge < -0.3 is 14.0 Å². The molecule has 116 valence electrons. The quantitative estimate of drug-likeness (QED) is 0.564. The van der Waals surface area contributed by atoms with Crippen molar-refractivity contribution in [3.8, 4) is 0 Å². The van der Waals surface area contributed by atoms with Gasteiger partial charge in [0.1, 0.15) is 12.2 Å². The second-order valence-corrected chi connectivity index (χ2v) is 4.66. The summed E-state index contributed by atoms with van der Waals surface area (Å²) in [4.78, 5) is 35.2. The first-order valence-electron chi connectivity index (χ1n) is 6.89. The highest BCUT2D eigenvalue weighted by atomic mass is 16.5. The predicted molar refractivity (Wildman–Crippen MR) is 76.1 cm³/mol. The molecule has 0 unspecified atom stereocenters. The first-order chi connectivity index (χ1) is 9.90. The molecule has 1 aromatic rings. The molecule has 6 heteroatoms. The molecule has 0 saturated carbocycles. The average Bonchev–Trinajstić information content (AvgIpc) is 2.64. The fraction of sp³-hybridized carbons (Fsp3) is 0.533. The summed E-state index contributed by atoms with van der Waals surface area (Å²) in [5.74, 6) is -1.29. The van der Waals surface area contributed by atoms with Gasteiger partial charge in [-0.15, -0.1) is 0 Å². The van der Waals surface area contributed by atoms with Gasteiger partial charge >= 0.3 is 11.9 Å². The third-order valence-electron chi connectivity index (χ3n) is 2.99. The zero-order valence-corrected chi connectivity index (χ0v) is 12.9. The van der Waals surface area contributed by atoms with Crippen LogP contribution < -0.4 is 0 Å². The van der Waals surface area contributed by atoms with Crippen LogP contribution in [0.3, 0.4) is 0 Å². The van der Waals surface area contributed by atoms with E-state index in [4.69, 9.17) is 9.47 Å². The molecule has 0 atom stereocenters. The van der Waals surface area contributed by atoms with Crippen LogP contribution in [0.1, 0.15) is 41.9 Å². The Kier molecular flexibility index (Phi) is 6.14. The van der Waals surface area contributed by atoms with Gasteiger partial charge in [0.05, 0.1) is 18.8 Å². The van der Waals surface area contributed by atoms with Crippen molar-refractivity contribution in [3.05, 3.63) is 23.0 Å². The number of nitrogens with zero attached hydrogens (tertiary/aromatic N) is 1. The molecule has 0 bridgehead atoms. The molecule has 0 saturated heterocycles. The van der Waals surface area contributed by atoms with Crippen LogP contribution in [0, 0.1) is 6.92 Å². The van der Waals surface area contributed by atoms with Crippen LogP contribution in [0.15, 0.2) is 6.20 Å². The maximum Gasteiger partial charge on any atom is 0.340 e. The Morgan fingerprint density at radius 3 is 2.33 bits per heavy atom. The van der Waals surface area contributed by atoms with E-state index in [2.05, 4.69) is 0 Å². The van der Waals surface area contributed by atoms with Crippen LogP contribution in [-0.2, 0) is 32.5 Å². The molecule has 6 nitrogen and oxygen atoms in total. The largest absolute Gasteiger partial charge is 0.466 e. The molecule has 0 radical (unpaired) electrons. The summed E-state index contributed by atoms with van der Waals surface area (Å²) < 4.78 is 11.5. The van der Waals surface area contributed by atoms with E-state index in [9.17, 15) is 14.4 Å². The molecular weight excluding hydrogens is 274 g/mol. The van der Waals surface area contributed by atoms with Crippen LogP contribution in [0.5, 0.6) is 0 Å². The lowest BCUT2D eigenvalue weighted by Gasteiger charge is -2.07. The predicted octanol–water partition coefficient (Wildman–Crippen LogP) is 1.58. The number of hydrogen-bond donors (Lipinski definition) is 0. The Hall–Kier alpha value is -2.11. The topological polar surface area (TPSA) is 74.6 Å². The summed E-state index contributed by atoms with van der Waals surface area (Å²) in [7, 11) is 1.75. The SMILES string of the molecule is CCOC(=O)CC(=O)Cc1c(C(=O)OCC)c(C)cn1C. The van der Waals surface area contributed by atoms with Crippen LogP contribution >= 0.6 is 0 Å². The lowest BCUT2D eigenvalue weighted by Crippen LogP contribution is -2.17. The summed E-state index contributed by atoms with van der Waals surface area (Å²) in [6, 6.07) is 0. The fourth-order valence-corrected chi connectivity index (χ4v) is 2.15. The second kappa shape index (κ2) is 7.61. The van der Waals surface area contributed by atoms with Crippen molar-refractivity contribution < 1.29 is 23.9 Å². The van der Waals surface area contributed by atoms with E-state index >= 15 is 0 Å². The van der Waals surface area contributed by atoms with Gasteiger partial charge in [-0.1, -0.05) is 0 Å². The smallest absolute Gasteiger partial charge is 0.340 e. The molecule has 0 N–H and O–H groups in total. The van der Waals surface area contributed by atoms with Crippen molar-refractivity contribution in [1.29, 1.82) is 0 Å². The second-order valence-electron chi connectivity index (χ2n) is 4.66. The number of aromatic nitrogens is 1. The summed E-state index contributed by atoms with van der Waals surface area (Å²) in [5, 5.41) is 0. The van der Waals surface area contributed by atoms with Crippen LogP contribution in [-0.4, -0.2) is 35.5 Å². The Bertz CT molecular complexity index is 545. The molecule has 1 rings (SSSR count).